The average Bonchev–Trinajstić information content (AvgIpc) is 2.26. The zero-order chi connectivity index (χ0) is 14.6. The predicted octanol–water partition coefficient (Wildman–Crippen LogP) is 0.995. The third-order valence-corrected chi connectivity index (χ3v) is 2.45. The van der Waals surface area contributed by atoms with Crippen molar-refractivity contribution >= 4 is 17.5 Å². The number of benzene rings is 1. The quantitative estimate of drug-likeness (QED) is 0.368. The Morgan fingerprint density at radius 1 is 1.21 bits per heavy atom. The van der Waals surface area contributed by atoms with Gasteiger partial charge in [0.05, 0.1) is 7.11 Å². The first kappa shape index (κ1) is 14.6. The van der Waals surface area contributed by atoms with E-state index < -0.39 is 5.91 Å². The van der Waals surface area contributed by atoms with Crippen LogP contribution in [0.15, 0.2) is 29.6 Å². The lowest BCUT2D eigenvalue weighted by molar-refractivity contribution is -0.114. The van der Waals surface area contributed by atoms with Gasteiger partial charge >= 0.3 is 0 Å². The van der Waals surface area contributed by atoms with Crippen molar-refractivity contribution in [2.45, 2.75) is 13.8 Å². The Morgan fingerprint density at radius 3 is 2.16 bits per heavy atom. The van der Waals surface area contributed by atoms with Crippen molar-refractivity contribution < 1.29 is 9.53 Å². The number of aryl methyl sites for hydroxylation is 2. The fourth-order valence-corrected chi connectivity index (χ4v) is 1.73. The molecule has 1 rings (SSSR count). The van der Waals surface area contributed by atoms with Crippen molar-refractivity contribution in [3.8, 4) is 0 Å². The molecule has 1 amide bonds. The second kappa shape index (κ2) is 5.90. The Balaban J connectivity index is 3.13. The Morgan fingerprint density at radius 2 is 1.74 bits per heavy atom. The van der Waals surface area contributed by atoms with E-state index >= 15 is 0 Å². The molecule has 0 spiro atoms. The van der Waals surface area contributed by atoms with Gasteiger partial charge in [-0.15, -0.1) is 0 Å². The number of carbonyl (C=O) groups excluding carboxylic acids is 1. The van der Waals surface area contributed by atoms with Gasteiger partial charge in [-0.1, -0.05) is 6.07 Å². The molecule has 1 aromatic carbocycles. The van der Waals surface area contributed by atoms with Crippen LogP contribution in [0.1, 0.15) is 11.1 Å². The molecule has 0 bridgehead atoms. The Labute approximate surface area is 111 Å². The molecule has 102 valence electrons. The van der Waals surface area contributed by atoms with E-state index in [9.17, 15) is 4.79 Å². The van der Waals surface area contributed by atoms with Crippen LogP contribution in [-0.4, -0.2) is 18.9 Å². The minimum atomic E-state index is -0.818. The number of amides is 1. The SMILES string of the molecule is COC(=N)/C(C(N)=O)=C(\N)Nc1cc(C)cc(C)c1. The van der Waals surface area contributed by atoms with Crippen LogP contribution in [0.2, 0.25) is 0 Å². The van der Waals surface area contributed by atoms with Crippen molar-refractivity contribution in [3.05, 3.63) is 40.7 Å². The largest absolute Gasteiger partial charge is 0.481 e. The summed E-state index contributed by atoms with van der Waals surface area (Å²) in [5, 5.41) is 10.4. The number of hydrogen-bond acceptors (Lipinski definition) is 5. The number of hydrogen-bond donors (Lipinski definition) is 4. The van der Waals surface area contributed by atoms with Gasteiger partial charge in [0.2, 0.25) is 5.90 Å². The van der Waals surface area contributed by atoms with Crippen molar-refractivity contribution in [2.24, 2.45) is 11.5 Å². The molecule has 6 nitrogen and oxygen atoms in total. The van der Waals surface area contributed by atoms with Gasteiger partial charge in [-0.25, -0.2) is 0 Å². The summed E-state index contributed by atoms with van der Waals surface area (Å²) in [7, 11) is 1.27. The van der Waals surface area contributed by atoms with Crippen LogP contribution in [0, 0.1) is 19.3 Å². The molecule has 6 heteroatoms. The summed E-state index contributed by atoms with van der Waals surface area (Å²) in [6.45, 7) is 3.90. The summed E-state index contributed by atoms with van der Waals surface area (Å²) in [5.74, 6) is -1.20. The van der Waals surface area contributed by atoms with E-state index in [-0.39, 0.29) is 17.3 Å². The maximum atomic E-state index is 11.3. The summed E-state index contributed by atoms with van der Waals surface area (Å²) in [6, 6.07) is 5.75. The molecule has 0 saturated heterocycles. The number of rotatable bonds is 4. The highest BCUT2D eigenvalue weighted by molar-refractivity contribution is 6.17. The Kier molecular flexibility index (Phi) is 4.52. The first-order chi connectivity index (χ1) is 8.85. The minimum Gasteiger partial charge on any atom is -0.481 e. The normalized spacial score (nSPS) is 11.5. The lowest BCUT2D eigenvalue weighted by atomic mass is 10.1. The maximum Gasteiger partial charge on any atom is 0.257 e. The fraction of sp³-hybridized carbons (Fsp3) is 0.231. The zero-order valence-corrected chi connectivity index (χ0v) is 11.2. The van der Waals surface area contributed by atoms with Gasteiger partial charge < -0.3 is 21.5 Å². The smallest absolute Gasteiger partial charge is 0.257 e. The van der Waals surface area contributed by atoms with E-state index in [2.05, 4.69) is 10.1 Å². The minimum absolute atomic E-state index is 0.00986. The highest BCUT2D eigenvalue weighted by atomic mass is 16.5. The number of ether oxygens (including phenoxy) is 1. The molecule has 0 aliphatic heterocycles. The van der Waals surface area contributed by atoms with E-state index in [1.807, 2.05) is 32.0 Å². The molecule has 0 aliphatic rings. The van der Waals surface area contributed by atoms with Gasteiger partial charge in [0.15, 0.2) is 0 Å². The number of methoxy groups -OCH3 is 1. The van der Waals surface area contributed by atoms with Crippen LogP contribution >= 0.6 is 0 Å². The molecule has 0 radical (unpaired) electrons. The van der Waals surface area contributed by atoms with E-state index in [1.54, 1.807) is 0 Å². The molecule has 0 heterocycles. The van der Waals surface area contributed by atoms with Crippen LogP contribution in [-0.2, 0) is 9.53 Å². The molecular weight excluding hydrogens is 244 g/mol. The molecular formula is C13H18N4O2. The lowest BCUT2D eigenvalue weighted by Crippen LogP contribution is -2.28. The molecule has 0 atom stereocenters. The number of anilines is 1. The van der Waals surface area contributed by atoms with Crippen LogP contribution < -0.4 is 16.8 Å². The summed E-state index contributed by atoms with van der Waals surface area (Å²) in [4.78, 5) is 11.3. The number of nitrogens with one attached hydrogen (secondary N) is 2. The van der Waals surface area contributed by atoms with Crippen molar-refractivity contribution in [2.75, 3.05) is 12.4 Å². The van der Waals surface area contributed by atoms with Crippen molar-refractivity contribution in [1.82, 2.24) is 0 Å². The van der Waals surface area contributed by atoms with Crippen molar-refractivity contribution in [1.29, 1.82) is 5.41 Å². The lowest BCUT2D eigenvalue weighted by Gasteiger charge is -2.12. The van der Waals surface area contributed by atoms with Crippen molar-refractivity contribution in [3.63, 3.8) is 0 Å². The maximum absolute atomic E-state index is 11.3. The van der Waals surface area contributed by atoms with Crippen LogP contribution in [0.4, 0.5) is 5.69 Å². The van der Waals surface area contributed by atoms with Crippen LogP contribution in [0.25, 0.3) is 0 Å². The second-order valence-corrected chi connectivity index (χ2v) is 4.19. The predicted molar refractivity (Wildman–Crippen MR) is 74.7 cm³/mol. The highest BCUT2D eigenvalue weighted by Crippen LogP contribution is 2.15. The third-order valence-electron chi connectivity index (χ3n) is 2.45. The average molecular weight is 262 g/mol. The van der Waals surface area contributed by atoms with E-state index in [1.165, 1.54) is 7.11 Å². The summed E-state index contributed by atoms with van der Waals surface area (Å²) < 4.78 is 4.68. The fourth-order valence-electron chi connectivity index (χ4n) is 1.73. The molecule has 1 aromatic rings. The standard InChI is InChI=1S/C13H18N4O2/c1-7-4-8(2)6-9(5-7)17-11(14)10(12(15)18)13(16)19-3/h4-6,16-17H,14H2,1-3H3,(H2,15,18)/b11-10+,16-13?. The Bertz CT molecular complexity index is 529. The summed E-state index contributed by atoms with van der Waals surface area (Å²) in [5.41, 5.74) is 13.6. The molecule has 0 aromatic heterocycles. The number of primary amides is 1. The molecule has 6 N–H and O–H groups in total. The Hall–Kier alpha value is -2.50. The van der Waals surface area contributed by atoms with Gasteiger partial charge in [-0.2, -0.15) is 0 Å². The van der Waals surface area contributed by atoms with Crippen LogP contribution in [0.5, 0.6) is 0 Å². The van der Waals surface area contributed by atoms with Gasteiger partial charge in [0, 0.05) is 5.69 Å². The second-order valence-electron chi connectivity index (χ2n) is 4.19. The van der Waals surface area contributed by atoms with Gasteiger partial charge in [-0.3, -0.25) is 10.2 Å². The van der Waals surface area contributed by atoms with Crippen LogP contribution in [0.3, 0.4) is 0 Å². The molecule has 0 unspecified atom stereocenters. The molecule has 0 saturated carbocycles. The summed E-state index contributed by atoms with van der Waals surface area (Å²) in [6.07, 6.45) is 0. The molecule has 0 aliphatic carbocycles. The number of nitrogens with two attached hydrogens (primary N) is 2. The summed E-state index contributed by atoms with van der Waals surface area (Å²) >= 11 is 0. The molecule has 0 fully saturated rings. The van der Waals surface area contributed by atoms with Gasteiger partial charge in [0.25, 0.3) is 5.91 Å². The van der Waals surface area contributed by atoms with Gasteiger partial charge in [0.1, 0.15) is 11.4 Å². The first-order valence-corrected chi connectivity index (χ1v) is 5.63. The zero-order valence-electron chi connectivity index (χ0n) is 11.2. The van der Waals surface area contributed by atoms with Gasteiger partial charge in [-0.05, 0) is 37.1 Å². The number of carbonyl (C=O) groups is 1. The first-order valence-electron chi connectivity index (χ1n) is 5.63. The monoisotopic (exact) mass is 262 g/mol. The topological polar surface area (TPSA) is 114 Å². The van der Waals surface area contributed by atoms with E-state index in [4.69, 9.17) is 16.9 Å². The van der Waals surface area contributed by atoms with E-state index in [0.29, 0.717) is 0 Å². The molecule has 19 heavy (non-hydrogen) atoms. The van der Waals surface area contributed by atoms with E-state index in [0.717, 1.165) is 16.8 Å². The highest BCUT2D eigenvalue weighted by Gasteiger charge is 2.17. The third kappa shape index (κ3) is 3.74.